The lowest BCUT2D eigenvalue weighted by Crippen LogP contribution is -2.16. The minimum atomic E-state index is -3.00. The summed E-state index contributed by atoms with van der Waals surface area (Å²) < 4.78 is 64.8. The first kappa shape index (κ1) is 23.8. The number of aromatic nitrogens is 2. The molecule has 35 heavy (non-hydrogen) atoms. The zero-order valence-electron chi connectivity index (χ0n) is 18.6. The molecule has 0 fully saturated rings. The second kappa shape index (κ2) is 9.88. The van der Waals surface area contributed by atoms with Gasteiger partial charge in [0, 0.05) is 29.5 Å². The molecule has 10 heteroatoms. The van der Waals surface area contributed by atoms with E-state index in [4.69, 9.17) is 4.74 Å². The molecular weight excluding hydrogens is 466 g/mol. The normalized spacial score (nSPS) is 10.9. The molecule has 0 unspecified atom stereocenters. The lowest BCUT2D eigenvalue weighted by Gasteiger charge is -2.12. The Labute approximate surface area is 197 Å². The zero-order chi connectivity index (χ0) is 25.1. The summed E-state index contributed by atoms with van der Waals surface area (Å²) in [5.41, 5.74) is 1.65. The van der Waals surface area contributed by atoms with Gasteiger partial charge in [-0.25, -0.2) is 13.8 Å². The van der Waals surface area contributed by atoms with Crippen molar-refractivity contribution in [3.63, 3.8) is 0 Å². The fourth-order valence-electron chi connectivity index (χ4n) is 3.35. The maximum Gasteiger partial charge on any atom is 0.387 e. The van der Waals surface area contributed by atoms with Gasteiger partial charge < -0.3 is 9.47 Å². The molecular formula is C25H19F4N3O3. The average molecular weight is 485 g/mol. The third-order valence-corrected chi connectivity index (χ3v) is 5.09. The third-order valence-electron chi connectivity index (χ3n) is 5.09. The molecule has 0 aliphatic carbocycles. The molecule has 1 amide bonds. The summed E-state index contributed by atoms with van der Waals surface area (Å²) in [5, 5.41) is 2.53. The van der Waals surface area contributed by atoms with E-state index in [1.54, 1.807) is 12.1 Å². The summed E-state index contributed by atoms with van der Waals surface area (Å²) in [6.07, 6.45) is 1.40. The number of nitrogens with one attached hydrogen (secondary N) is 1. The van der Waals surface area contributed by atoms with Gasteiger partial charge in [0.2, 0.25) is 5.95 Å². The number of benzene rings is 3. The Bertz CT molecular complexity index is 1330. The smallest absolute Gasteiger partial charge is 0.387 e. The van der Waals surface area contributed by atoms with Crippen LogP contribution in [0.5, 0.6) is 11.5 Å². The summed E-state index contributed by atoms with van der Waals surface area (Å²) in [6, 6.07) is 14.3. The van der Waals surface area contributed by atoms with Gasteiger partial charge in [0.1, 0.15) is 17.2 Å². The van der Waals surface area contributed by atoms with Gasteiger partial charge in [-0.05, 0) is 31.2 Å². The first-order valence-electron chi connectivity index (χ1n) is 10.3. The van der Waals surface area contributed by atoms with Gasteiger partial charge in [0.25, 0.3) is 5.91 Å². The number of aryl methyl sites for hydroxylation is 1. The van der Waals surface area contributed by atoms with E-state index in [2.05, 4.69) is 15.0 Å². The molecule has 4 aromatic rings. The predicted octanol–water partition coefficient (Wildman–Crippen LogP) is 5.99. The van der Waals surface area contributed by atoms with Crippen LogP contribution in [0, 0.1) is 18.6 Å². The Balaban J connectivity index is 1.74. The molecule has 0 atom stereocenters. The highest BCUT2D eigenvalue weighted by Crippen LogP contribution is 2.30. The number of hydrogen-bond acceptors (Lipinski definition) is 4. The number of alkyl halides is 2. The summed E-state index contributed by atoms with van der Waals surface area (Å²) >= 11 is 0. The lowest BCUT2D eigenvalue weighted by atomic mass is 10.1. The Morgan fingerprint density at radius 1 is 0.971 bits per heavy atom. The maximum atomic E-state index is 14.9. The summed E-state index contributed by atoms with van der Waals surface area (Å²) in [7, 11) is 1.28. The number of rotatable bonds is 7. The second-order valence-electron chi connectivity index (χ2n) is 7.48. The van der Waals surface area contributed by atoms with Crippen molar-refractivity contribution in [1.82, 2.24) is 9.55 Å². The van der Waals surface area contributed by atoms with Gasteiger partial charge in [-0.1, -0.05) is 29.8 Å². The standard InChI is InChI=1S/C25H19F4N3O3/c1-14-3-5-15(6-4-14)21-13-32(22-19(26)11-18(34-2)12-20(22)27)25(30-21)31-23(33)16-7-9-17(10-8-16)35-24(28)29/h3-13,24H,1-2H3,(H,30,31,33). The molecule has 0 aliphatic rings. The molecule has 0 bridgehead atoms. The first-order chi connectivity index (χ1) is 16.7. The molecule has 0 aliphatic heterocycles. The molecule has 1 N–H and O–H groups in total. The monoisotopic (exact) mass is 485 g/mol. The van der Waals surface area contributed by atoms with Gasteiger partial charge in [-0.15, -0.1) is 0 Å². The number of carbonyl (C=O) groups excluding carboxylic acids is 1. The molecule has 3 aromatic carbocycles. The number of methoxy groups -OCH3 is 1. The topological polar surface area (TPSA) is 65.4 Å². The van der Waals surface area contributed by atoms with Crippen molar-refractivity contribution >= 4 is 11.9 Å². The number of nitrogens with zero attached hydrogens (tertiary/aromatic N) is 2. The van der Waals surface area contributed by atoms with Crippen molar-refractivity contribution in [1.29, 1.82) is 0 Å². The predicted molar refractivity (Wildman–Crippen MR) is 121 cm³/mol. The Morgan fingerprint density at radius 3 is 2.17 bits per heavy atom. The van der Waals surface area contributed by atoms with Crippen LogP contribution in [0.3, 0.4) is 0 Å². The van der Waals surface area contributed by atoms with E-state index in [9.17, 15) is 22.4 Å². The quantitative estimate of drug-likeness (QED) is 0.327. The number of anilines is 1. The fraction of sp³-hybridized carbons (Fsp3) is 0.120. The highest BCUT2D eigenvalue weighted by molar-refractivity contribution is 6.03. The Kier molecular flexibility index (Phi) is 6.72. The molecule has 0 saturated carbocycles. The van der Waals surface area contributed by atoms with Crippen molar-refractivity contribution in [2.24, 2.45) is 0 Å². The van der Waals surface area contributed by atoms with Crippen molar-refractivity contribution in [3.8, 4) is 28.4 Å². The zero-order valence-corrected chi connectivity index (χ0v) is 18.6. The molecule has 1 heterocycles. The van der Waals surface area contributed by atoms with E-state index in [1.165, 1.54) is 37.6 Å². The Hall–Kier alpha value is -4.34. The largest absolute Gasteiger partial charge is 0.497 e. The van der Waals surface area contributed by atoms with Crippen LogP contribution < -0.4 is 14.8 Å². The molecule has 180 valence electrons. The van der Waals surface area contributed by atoms with E-state index in [0.29, 0.717) is 11.3 Å². The van der Waals surface area contributed by atoms with E-state index in [-0.39, 0.29) is 23.0 Å². The van der Waals surface area contributed by atoms with E-state index < -0.39 is 29.8 Å². The van der Waals surface area contributed by atoms with Crippen molar-refractivity contribution in [2.75, 3.05) is 12.4 Å². The van der Waals surface area contributed by atoms with Crippen molar-refractivity contribution in [2.45, 2.75) is 13.5 Å². The molecule has 0 radical (unpaired) electrons. The second-order valence-corrected chi connectivity index (χ2v) is 7.48. The Morgan fingerprint density at radius 2 is 1.60 bits per heavy atom. The molecule has 0 saturated heterocycles. The maximum absolute atomic E-state index is 14.9. The number of halogens is 4. The average Bonchev–Trinajstić information content (AvgIpc) is 3.22. The summed E-state index contributed by atoms with van der Waals surface area (Å²) in [6.45, 7) is -1.09. The minimum absolute atomic E-state index is 0.0145. The fourth-order valence-corrected chi connectivity index (χ4v) is 3.35. The first-order valence-corrected chi connectivity index (χ1v) is 10.3. The van der Waals surface area contributed by atoms with Crippen LogP contribution in [0.4, 0.5) is 23.5 Å². The number of carbonyl (C=O) groups is 1. The summed E-state index contributed by atoms with van der Waals surface area (Å²) in [4.78, 5) is 17.2. The minimum Gasteiger partial charge on any atom is -0.497 e. The van der Waals surface area contributed by atoms with Crippen LogP contribution in [0.1, 0.15) is 15.9 Å². The van der Waals surface area contributed by atoms with Gasteiger partial charge in [-0.2, -0.15) is 8.78 Å². The highest BCUT2D eigenvalue weighted by Gasteiger charge is 2.21. The molecule has 6 nitrogen and oxygen atoms in total. The molecule has 0 spiro atoms. The number of amides is 1. The van der Waals surface area contributed by atoms with Gasteiger partial charge in [-0.3, -0.25) is 14.7 Å². The van der Waals surface area contributed by atoms with Crippen LogP contribution in [-0.4, -0.2) is 29.2 Å². The highest BCUT2D eigenvalue weighted by atomic mass is 19.3. The third kappa shape index (κ3) is 5.26. The van der Waals surface area contributed by atoms with Crippen LogP contribution >= 0.6 is 0 Å². The number of hydrogen-bond donors (Lipinski definition) is 1. The van der Waals surface area contributed by atoms with E-state index >= 15 is 0 Å². The van der Waals surface area contributed by atoms with E-state index in [1.807, 2.05) is 19.1 Å². The van der Waals surface area contributed by atoms with Crippen LogP contribution in [0.25, 0.3) is 16.9 Å². The van der Waals surface area contributed by atoms with Crippen LogP contribution in [0.15, 0.2) is 66.9 Å². The lowest BCUT2D eigenvalue weighted by molar-refractivity contribution is -0.0498. The van der Waals surface area contributed by atoms with E-state index in [0.717, 1.165) is 22.3 Å². The molecule has 1 aromatic heterocycles. The van der Waals surface area contributed by atoms with Crippen molar-refractivity contribution < 1.29 is 31.8 Å². The van der Waals surface area contributed by atoms with Gasteiger partial charge >= 0.3 is 6.61 Å². The van der Waals surface area contributed by atoms with Crippen LogP contribution in [0.2, 0.25) is 0 Å². The number of imidazole rings is 1. The van der Waals surface area contributed by atoms with Gasteiger partial charge in [0.05, 0.1) is 12.8 Å². The van der Waals surface area contributed by atoms with Gasteiger partial charge in [0.15, 0.2) is 11.6 Å². The van der Waals surface area contributed by atoms with Crippen LogP contribution in [-0.2, 0) is 0 Å². The summed E-state index contributed by atoms with van der Waals surface area (Å²) in [5.74, 6) is -2.83. The van der Waals surface area contributed by atoms with Crippen molar-refractivity contribution in [3.05, 3.63) is 89.6 Å². The SMILES string of the molecule is COc1cc(F)c(-n2cc(-c3ccc(C)cc3)nc2NC(=O)c2ccc(OC(F)F)cc2)c(F)c1. The number of ether oxygens (including phenoxy) is 2. The molecule has 4 rings (SSSR count).